The molecule has 1 aliphatic heterocycles. The Balaban J connectivity index is 1.54. The van der Waals surface area contributed by atoms with Gasteiger partial charge < -0.3 is 10.2 Å². The summed E-state index contributed by atoms with van der Waals surface area (Å²) in [5.41, 5.74) is 2.31. The molecule has 0 radical (unpaired) electrons. The first-order valence-corrected chi connectivity index (χ1v) is 10.6. The van der Waals surface area contributed by atoms with E-state index >= 15 is 0 Å². The van der Waals surface area contributed by atoms with Crippen molar-refractivity contribution in [2.45, 2.75) is 26.7 Å². The van der Waals surface area contributed by atoms with Gasteiger partial charge in [-0.3, -0.25) is 9.59 Å². The molecule has 6 nitrogen and oxygen atoms in total. The summed E-state index contributed by atoms with van der Waals surface area (Å²) in [6.07, 6.45) is 3.72. The molecule has 1 fully saturated rings. The van der Waals surface area contributed by atoms with Gasteiger partial charge in [-0.25, -0.2) is 9.97 Å². The Bertz CT molecular complexity index is 1090. The maximum atomic E-state index is 13.0. The Kier molecular flexibility index (Phi) is 6.07. The molecule has 0 atom stereocenters. The number of carbonyl (C=O) groups excluding carboxylic acids is 2. The normalized spacial score (nSPS) is 14.3. The fourth-order valence-electron chi connectivity index (χ4n) is 3.75. The summed E-state index contributed by atoms with van der Waals surface area (Å²) < 4.78 is 0. The van der Waals surface area contributed by atoms with E-state index in [2.05, 4.69) is 27.1 Å². The van der Waals surface area contributed by atoms with Gasteiger partial charge >= 0.3 is 0 Å². The van der Waals surface area contributed by atoms with Crippen molar-refractivity contribution in [2.24, 2.45) is 5.92 Å². The van der Waals surface area contributed by atoms with Crippen LogP contribution in [0.4, 0.5) is 11.6 Å². The number of nitrogens with one attached hydrogen (secondary N) is 1. The van der Waals surface area contributed by atoms with Crippen molar-refractivity contribution in [2.75, 3.05) is 23.3 Å². The SMILES string of the molecule is Cc1ccc(C(=O)c2ccccc2C(=O)Nc2cc(N3CCC(C)CC3)ncn2)cc1. The van der Waals surface area contributed by atoms with E-state index < -0.39 is 0 Å². The van der Waals surface area contributed by atoms with Crippen LogP contribution in [0.3, 0.4) is 0 Å². The number of anilines is 2. The summed E-state index contributed by atoms with van der Waals surface area (Å²) in [4.78, 5) is 36.8. The van der Waals surface area contributed by atoms with Crippen molar-refractivity contribution < 1.29 is 9.59 Å². The van der Waals surface area contributed by atoms with E-state index in [0.29, 0.717) is 22.5 Å². The zero-order chi connectivity index (χ0) is 21.8. The first-order chi connectivity index (χ1) is 15.0. The van der Waals surface area contributed by atoms with Crippen LogP contribution in [0.2, 0.25) is 0 Å². The van der Waals surface area contributed by atoms with Crippen LogP contribution < -0.4 is 10.2 Å². The molecule has 0 aliphatic carbocycles. The number of aryl methyl sites for hydroxylation is 1. The fraction of sp³-hybridized carbons (Fsp3) is 0.280. The number of rotatable bonds is 5. The lowest BCUT2D eigenvalue weighted by atomic mass is 9.97. The highest BCUT2D eigenvalue weighted by Crippen LogP contribution is 2.23. The molecule has 31 heavy (non-hydrogen) atoms. The predicted octanol–water partition coefficient (Wildman–Crippen LogP) is 4.50. The molecule has 0 bridgehead atoms. The summed E-state index contributed by atoms with van der Waals surface area (Å²) in [7, 11) is 0. The lowest BCUT2D eigenvalue weighted by molar-refractivity contribution is 0.0996. The number of piperidine rings is 1. The van der Waals surface area contributed by atoms with Crippen molar-refractivity contribution in [1.29, 1.82) is 0 Å². The van der Waals surface area contributed by atoms with Crippen molar-refractivity contribution in [3.05, 3.63) is 83.2 Å². The van der Waals surface area contributed by atoms with Crippen molar-refractivity contribution in [3.8, 4) is 0 Å². The van der Waals surface area contributed by atoms with E-state index in [1.54, 1.807) is 42.5 Å². The van der Waals surface area contributed by atoms with Crippen LogP contribution in [-0.2, 0) is 0 Å². The van der Waals surface area contributed by atoms with E-state index in [1.165, 1.54) is 6.33 Å². The second kappa shape index (κ2) is 9.08. The first kappa shape index (κ1) is 20.7. The van der Waals surface area contributed by atoms with Gasteiger partial charge in [0, 0.05) is 30.3 Å². The minimum atomic E-state index is -0.368. The maximum Gasteiger partial charge on any atom is 0.257 e. The van der Waals surface area contributed by atoms with Gasteiger partial charge in [-0.1, -0.05) is 55.0 Å². The van der Waals surface area contributed by atoms with Gasteiger partial charge in [0.15, 0.2) is 5.78 Å². The van der Waals surface area contributed by atoms with E-state index in [-0.39, 0.29) is 11.7 Å². The van der Waals surface area contributed by atoms with Gasteiger partial charge in [-0.2, -0.15) is 0 Å². The van der Waals surface area contributed by atoms with Crippen LogP contribution in [0.25, 0.3) is 0 Å². The van der Waals surface area contributed by atoms with Crippen molar-refractivity contribution >= 4 is 23.3 Å². The van der Waals surface area contributed by atoms with Crippen LogP contribution in [0.15, 0.2) is 60.9 Å². The summed E-state index contributed by atoms with van der Waals surface area (Å²) in [6.45, 7) is 6.12. The van der Waals surface area contributed by atoms with Gasteiger partial charge in [-0.15, -0.1) is 0 Å². The highest BCUT2D eigenvalue weighted by Gasteiger charge is 2.20. The van der Waals surface area contributed by atoms with Gasteiger partial charge in [-0.05, 0) is 31.7 Å². The summed E-state index contributed by atoms with van der Waals surface area (Å²) in [6, 6.07) is 16.0. The van der Waals surface area contributed by atoms with Crippen molar-refractivity contribution in [3.63, 3.8) is 0 Å². The smallest absolute Gasteiger partial charge is 0.257 e. The quantitative estimate of drug-likeness (QED) is 0.622. The number of benzene rings is 2. The Hall–Kier alpha value is -3.54. The summed E-state index contributed by atoms with van der Waals surface area (Å²) in [5, 5.41) is 2.83. The van der Waals surface area contributed by atoms with Crippen LogP contribution >= 0.6 is 0 Å². The monoisotopic (exact) mass is 414 g/mol. The first-order valence-electron chi connectivity index (χ1n) is 10.6. The van der Waals surface area contributed by atoms with E-state index in [0.717, 1.165) is 43.2 Å². The standard InChI is InChI=1S/C25H26N4O2/c1-17-7-9-19(10-8-17)24(30)20-5-3-4-6-21(20)25(31)28-22-15-23(27-16-26-22)29-13-11-18(2)12-14-29/h3-10,15-16,18H,11-14H2,1-2H3,(H,26,27,28,31). The largest absolute Gasteiger partial charge is 0.356 e. The van der Waals surface area contributed by atoms with Gasteiger partial charge in [0.1, 0.15) is 18.0 Å². The van der Waals surface area contributed by atoms with E-state index in [4.69, 9.17) is 0 Å². The lowest BCUT2D eigenvalue weighted by Gasteiger charge is -2.31. The molecule has 1 saturated heterocycles. The number of nitrogens with zero attached hydrogens (tertiary/aromatic N) is 3. The molecule has 0 unspecified atom stereocenters. The Morgan fingerprint density at radius 3 is 2.35 bits per heavy atom. The summed E-state index contributed by atoms with van der Waals surface area (Å²) in [5.74, 6) is 1.40. The number of hydrogen-bond acceptors (Lipinski definition) is 5. The van der Waals surface area contributed by atoms with Crippen LogP contribution in [-0.4, -0.2) is 34.7 Å². The molecule has 6 heteroatoms. The molecule has 0 saturated carbocycles. The molecule has 1 N–H and O–H groups in total. The highest BCUT2D eigenvalue weighted by atomic mass is 16.2. The molecule has 158 valence electrons. The second-order valence-electron chi connectivity index (χ2n) is 8.13. The molecule has 1 aromatic heterocycles. The van der Waals surface area contributed by atoms with Crippen molar-refractivity contribution in [1.82, 2.24) is 9.97 Å². The number of carbonyl (C=O) groups is 2. The van der Waals surface area contributed by atoms with Gasteiger partial charge in [0.05, 0.1) is 5.56 Å². The molecular formula is C25H26N4O2. The molecule has 1 aliphatic rings. The Morgan fingerprint density at radius 1 is 0.968 bits per heavy atom. The number of aromatic nitrogens is 2. The highest BCUT2D eigenvalue weighted by molar-refractivity contribution is 6.17. The van der Waals surface area contributed by atoms with Crippen LogP contribution in [0.1, 0.15) is 51.6 Å². The molecule has 4 rings (SSSR count). The Morgan fingerprint density at radius 2 is 1.65 bits per heavy atom. The second-order valence-corrected chi connectivity index (χ2v) is 8.13. The topological polar surface area (TPSA) is 75.2 Å². The van der Waals surface area contributed by atoms with Gasteiger partial charge in [0.2, 0.25) is 0 Å². The molecule has 0 spiro atoms. The zero-order valence-corrected chi connectivity index (χ0v) is 17.8. The average molecular weight is 415 g/mol. The molecule has 2 heterocycles. The van der Waals surface area contributed by atoms with Crippen LogP contribution in [0, 0.1) is 12.8 Å². The number of amides is 1. The minimum Gasteiger partial charge on any atom is -0.356 e. The molecule has 1 amide bonds. The third kappa shape index (κ3) is 4.79. The predicted molar refractivity (Wildman–Crippen MR) is 122 cm³/mol. The number of ketones is 1. The third-order valence-electron chi connectivity index (χ3n) is 5.73. The molecule has 3 aromatic rings. The zero-order valence-electron chi connectivity index (χ0n) is 17.8. The Labute approximate surface area is 182 Å². The fourth-order valence-corrected chi connectivity index (χ4v) is 3.75. The maximum absolute atomic E-state index is 13.0. The molecular weight excluding hydrogens is 388 g/mol. The molecule has 2 aromatic carbocycles. The van der Waals surface area contributed by atoms with E-state index in [9.17, 15) is 9.59 Å². The third-order valence-corrected chi connectivity index (χ3v) is 5.73. The lowest BCUT2D eigenvalue weighted by Crippen LogP contribution is -2.33. The van der Waals surface area contributed by atoms with Gasteiger partial charge in [0.25, 0.3) is 5.91 Å². The minimum absolute atomic E-state index is 0.184. The average Bonchev–Trinajstić information content (AvgIpc) is 2.80. The number of hydrogen-bond donors (Lipinski definition) is 1. The summed E-state index contributed by atoms with van der Waals surface area (Å²) >= 11 is 0. The van der Waals surface area contributed by atoms with Crippen LogP contribution in [0.5, 0.6) is 0 Å². The van der Waals surface area contributed by atoms with E-state index in [1.807, 2.05) is 19.1 Å².